The molecule has 0 aromatic rings. The van der Waals surface area contributed by atoms with E-state index in [0.29, 0.717) is 29.5 Å². The number of carboxylic acids is 1. The monoisotopic (exact) mass is 454 g/mol. The lowest BCUT2D eigenvalue weighted by molar-refractivity contribution is -0.235. The summed E-state index contributed by atoms with van der Waals surface area (Å²) in [7, 11) is 0. The molecule has 0 heterocycles. The van der Waals surface area contributed by atoms with E-state index in [4.69, 9.17) is 0 Å². The minimum Gasteiger partial charge on any atom is -0.481 e. The third kappa shape index (κ3) is 2.69. The maximum absolute atomic E-state index is 12.9. The topological polar surface area (TPSA) is 54.4 Å². The second-order valence-corrected chi connectivity index (χ2v) is 14.3. The third-order valence-electron chi connectivity index (χ3n) is 13.2. The Morgan fingerprint density at radius 1 is 0.879 bits per heavy atom. The van der Waals surface area contributed by atoms with Crippen LogP contribution >= 0.6 is 0 Å². The van der Waals surface area contributed by atoms with Gasteiger partial charge in [-0.25, -0.2) is 0 Å². The number of hydrogen-bond acceptors (Lipinski definition) is 2. The van der Waals surface area contributed by atoms with Gasteiger partial charge in [0.25, 0.3) is 0 Å². The van der Waals surface area contributed by atoms with Crippen LogP contribution in [-0.4, -0.2) is 16.9 Å². The Bertz CT molecular complexity index is 902. The van der Waals surface area contributed by atoms with E-state index in [1.807, 2.05) is 0 Å². The third-order valence-corrected chi connectivity index (χ3v) is 13.2. The van der Waals surface area contributed by atoms with Gasteiger partial charge in [-0.15, -0.1) is 0 Å². The van der Waals surface area contributed by atoms with Crippen molar-refractivity contribution in [3.05, 3.63) is 12.2 Å². The number of carbonyl (C=O) groups excluding carboxylic acids is 1. The van der Waals surface area contributed by atoms with Gasteiger partial charge in [-0.05, 0) is 111 Å². The van der Waals surface area contributed by atoms with Crippen molar-refractivity contribution in [1.82, 2.24) is 0 Å². The van der Waals surface area contributed by atoms with Crippen LogP contribution in [0.1, 0.15) is 106 Å². The molecule has 5 aliphatic carbocycles. The first-order valence-electron chi connectivity index (χ1n) is 13.7. The fourth-order valence-corrected chi connectivity index (χ4v) is 11.3. The molecular weight excluding hydrogens is 408 g/mol. The highest BCUT2D eigenvalue weighted by atomic mass is 16.4. The molecule has 5 saturated carbocycles. The number of fused-ring (bicyclic) bond motifs is 7. The predicted molar refractivity (Wildman–Crippen MR) is 132 cm³/mol. The van der Waals surface area contributed by atoms with Crippen molar-refractivity contribution < 1.29 is 14.7 Å². The summed E-state index contributed by atoms with van der Waals surface area (Å²) in [5, 5.41) is 10.5. The first-order chi connectivity index (χ1) is 15.3. The molecule has 184 valence electrons. The van der Waals surface area contributed by atoms with Crippen LogP contribution in [0.3, 0.4) is 0 Å². The van der Waals surface area contributed by atoms with Crippen LogP contribution in [0.2, 0.25) is 0 Å². The summed E-state index contributed by atoms with van der Waals surface area (Å²) in [6, 6.07) is 0. The first-order valence-corrected chi connectivity index (χ1v) is 13.7. The fraction of sp³-hybridized carbons (Fsp3) is 0.867. The molecule has 0 unspecified atom stereocenters. The summed E-state index contributed by atoms with van der Waals surface area (Å²) >= 11 is 0. The molecule has 0 aliphatic heterocycles. The lowest BCUT2D eigenvalue weighted by atomic mass is 9.32. The molecule has 3 nitrogen and oxygen atoms in total. The largest absolute Gasteiger partial charge is 0.481 e. The van der Waals surface area contributed by atoms with E-state index in [2.05, 4.69) is 48.1 Å². The minimum absolute atomic E-state index is 0.164. The zero-order chi connectivity index (χ0) is 24.2. The summed E-state index contributed by atoms with van der Waals surface area (Å²) in [5.74, 6) is 2.07. The summed E-state index contributed by atoms with van der Waals surface area (Å²) in [5.41, 5.74) is 1.03. The maximum atomic E-state index is 12.9. The molecule has 9 atom stereocenters. The van der Waals surface area contributed by atoms with Crippen molar-refractivity contribution in [2.45, 2.75) is 106 Å². The number of ketones is 1. The fourth-order valence-electron chi connectivity index (χ4n) is 11.3. The van der Waals surface area contributed by atoms with Crippen LogP contribution in [0, 0.1) is 56.7 Å². The van der Waals surface area contributed by atoms with Crippen LogP contribution < -0.4 is 0 Å². The van der Waals surface area contributed by atoms with Gasteiger partial charge in [0.2, 0.25) is 0 Å². The quantitative estimate of drug-likeness (QED) is 0.445. The molecule has 0 saturated heterocycles. The lowest BCUT2D eigenvalue weighted by Gasteiger charge is -2.72. The molecule has 0 amide bonds. The molecule has 0 aromatic heterocycles. The first kappa shape index (κ1) is 23.6. The molecule has 5 aliphatic rings. The highest BCUT2D eigenvalue weighted by Crippen LogP contribution is 2.77. The van der Waals surface area contributed by atoms with Crippen molar-refractivity contribution in [1.29, 1.82) is 0 Å². The normalized spacial score (nSPS) is 52.8. The predicted octanol–water partition coefficient (Wildman–Crippen LogP) is 7.30. The maximum Gasteiger partial charge on any atom is 0.309 e. The summed E-state index contributed by atoms with van der Waals surface area (Å²) < 4.78 is 0. The molecule has 0 spiro atoms. The van der Waals surface area contributed by atoms with Gasteiger partial charge in [0.15, 0.2) is 0 Å². The molecule has 3 heteroatoms. The van der Waals surface area contributed by atoms with Crippen LogP contribution in [0.5, 0.6) is 0 Å². The van der Waals surface area contributed by atoms with E-state index in [-0.39, 0.29) is 27.6 Å². The van der Waals surface area contributed by atoms with Crippen LogP contribution in [-0.2, 0) is 9.59 Å². The van der Waals surface area contributed by atoms with Crippen LogP contribution in [0.15, 0.2) is 12.2 Å². The average molecular weight is 455 g/mol. The number of allylic oxidation sites excluding steroid dienone is 1. The summed E-state index contributed by atoms with van der Waals surface area (Å²) in [6.45, 7) is 18.5. The van der Waals surface area contributed by atoms with Gasteiger partial charge < -0.3 is 5.11 Å². The van der Waals surface area contributed by atoms with Gasteiger partial charge in [0.05, 0.1) is 5.41 Å². The van der Waals surface area contributed by atoms with Crippen LogP contribution in [0.25, 0.3) is 0 Å². The van der Waals surface area contributed by atoms with E-state index < -0.39 is 11.4 Å². The Labute approximate surface area is 201 Å². The smallest absolute Gasteiger partial charge is 0.309 e. The Balaban J connectivity index is 1.57. The standard InChI is InChI=1S/C30H46O3/c1-18(2)19-10-15-30(25(32)33)17-16-28(6)20(24(19)30)8-9-22-27(5)13-12-23(31)26(3,4)21(27)11-14-29(22,28)7/h19-22,24H,1,8-17H2,2-7H3,(H,32,33)/t19-,20+,21+,22-,24-,27+,28-,29-,30+/m1/s1. The van der Waals surface area contributed by atoms with Crippen molar-refractivity contribution >= 4 is 11.8 Å². The number of rotatable bonds is 2. The highest BCUT2D eigenvalue weighted by molar-refractivity contribution is 5.85. The van der Waals surface area contributed by atoms with E-state index in [1.54, 1.807) is 0 Å². The molecule has 33 heavy (non-hydrogen) atoms. The minimum atomic E-state index is -0.547. The van der Waals surface area contributed by atoms with Gasteiger partial charge in [-0.1, -0.05) is 46.8 Å². The second kappa shape index (κ2) is 6.97. The van der Waals surface area contributed by atoms with Gasteiger partial charge in [0.1, 0.15) is 5.78 Å². The number of Topliss-reactive ketones (excluding diaryl/α,β-unsaturated/α-hetero) is 1. The SMILES string of the molecule is C=C(C)[C@H]1CC[C@]2(C(=O)O)CC[C@]3(C)[C@@H](CC[C@@H]4[C@@]5(C)CCC(=O)C(C)(C)[C@@H]5CC[C@]43C)[C@@H]12. The van der Waals surface area contributed by atoms with Crippen molar-refractivity contribution in [2.24, 2.45) is 56.7 Å². The van der Waals surface area contributed by atoms with Gasteiger partial charge >= 0.3 is 5.97 Å². The number of carboxylic acid groups (broad SMARTS) is 1. The highest BCUT2D eigenvalue weighted by Gasteiger charge is 2.72. The Kier molecular flexibility index (Phi) is 4.99. The number of aliphatic carboxylic acids is 1. The molecular formula is C30H46O3. The van der Waals surface area contributed by atoms with Crippen molar-refractivity contribution in [3.63, 3.8) is 0 Å². The van der Waals surface area contributed by atoms with E-state index in [0.717, 1.165) is 51.4 Å². The number of hydrogen-bond donors (Lipinski definition) is 1. The molecule has 5 rings (SSSR count). The zero-order valence-corrected chi connectivity index (χ0v) is 21.9. The average Bonchev–Trinajstić information content (AvgIpc) is 3.13. The van der Waals surface area contributed by atoms with Crippen molar-refractivity contribution in [2.75, 3.05) is 0 Å². The Morgan fingerprint density at radius 3 is 2.21 bits per heavy atom. The van der Waals surface area contributed by atoms with Crippen LogP contribution in [0.4, 0.5) is 0 Å². The van der Waals surface area contributed by atoms with E-state index >= 15 is 0 Å². The number of carbonyl (C=O) groups is 2. The summed E-state index contributed by atoms with van der Waals surface area (Å²) in [4.78, 5) is 25.7. The van der Waals surface area contributed by atoms with Crippen molar-refractivity contribution in [3.8, 4) is 0 Å². The summed E-state index contributed by atoms with van der Waals surface area (Å²) in [6.07, 6.45) is 10.1. The van der Waals surface area contributed by atoms with Gasteiger partial charge in [0, 0.05) is 11.8 Å². The second-order valence-electron chi connectivity index (χ2n) is 14.3. The molecule has 5 fully saturated rings. The molecule has 0 aromatic carbocycles. The lowest BCUT2D eigenvalue weighted by Crippen LogP contribution is -2.66. The molecule has 1 N–H and O–H groups in total. The van der Waals surface area contributed by atoms with E-state index in [1.165, 1.54) is 18.4 Å². The Hall–Kier alpha value is -1.12. The molecule has 0 bridgehead atoms. The molecule has 0 radical (unpaired) electrons. The van der Waals surface area contributed by atoms with Gasteiger partial charge in [-0.3, -0.25) is 9.59 Å². The zero-order valence-electron chi connectivity index (χ0n) is 21.9. The van der Waals surface area contributed by atoms with Gasteiger partial charge in [-0.2, -0.15) is 0 Å². The van der Waals surface area contributed by atoms with E-state index in [9.17, 15) is 14.7 Å². The Morgan fingerprint density at radius 2 is 1.58 bits per heavy atom.